The van der Waals surface area contributed by atoms with Crippen LogP contribution in [0.2, 0.25) is 0 Å². The number of carbonyl (C=O) groups is 1. The Bertz CT molecular complexity index is 242. The van der Waals surface area contributed by atoms with Crippen LogP contribution in [0.4, 0.5) is 0 Å². The maximum absolute atomic E-state index is 10.7. The summed E-state index contributed by atoms with van der Waals surface area (Å²) >= 11 is 0. The first-order valence-electron chi connectivity index (χ1n) is 5.43. The van der Waals surface area contributed by atoms with Crippen LogP contribution in [-0.2, 0) is 4.79 Å². The molecule has 0 saturated heterocycles. The van der Waals surface area contributed by atoms with Crippen LogP contribution < -0.4 is 0 Å². The molecule has 0 bridgehead atoms. The Balaban J connectivity index is 2.31. The van der Waals surface area contributed by atoms with Gasteiger partial charge in [-0.2, -0.15) is 0 Å². The number of hydrogen-bond acceptors (Lipinski definition) is 1. The van der Waals surface area contributed by atoms with Crippen LogP contribution in [0.25, 0.3) is 0 Å². The van der Waals surface area contributed by atoms with E-state index in [0.717, 1.165) is 18.6 Å². The zero-order chi connectivity index (χ0) is 9.31. The molecule has 0 aromatic rings. The van der Waals surface area contributed by atoms with Crippen LogP contribution in [0.5, 0.6) is 0 Å². The topological polar surface area (TPSA) is 17.1 Å². The number of allylic oxidation sites excluding steroid dienone is 2. The summed E-state index contributed by atoms with van der Waals surface area (Å²) in [7, 11) is 0. The van der Waals surface area contributed by atoms with E-state index < -0.39 is 0 Å². The summed E-state index contributed by atoms with van der Waals surface area (Å²) in [5.74, 6) is 0.722. The quantitative estimate of drug-likeness (QED) is 0.469. The number of fused-ring (bicyclic) bond motifs is 1. The van der Waals surface area contributed by atoms with Gasteiger partial charge in [0.25, 0.3) is 0 Å². The van der Waals surface area contributed by atoms with Crippen molar-refractivity contribution in [1.82, 2.24) is 0 Å². The Morgan fingerprint density at radius 3 is 3.31 bits per heavy atom. The van der Waals surface area contributed by atoms with E-state index in [4.69, 9.17) is 0 Å². The van der Waals surface area contributed by atoms with Crippen LogP contribution in [0.3, 0.4) is 0 Å². The Hall–Kier alpha value is -0.590. The molecule has 0 aromatic heterocycles. The van der Waals surface area contributed by atoms with Crippen molar-refractivity contribution in [3.63, 3.8) is 0 Å². The van der Waals surface area contributed by atoms with Gasteiger partial charge in [-0.05, 0) is 38.0 Å². The third-order valence-corrected chi connectivity index (χ3v) is 4.09. The van der Waals surface area contributed by atoms with Gasteiger partial charge in [-0.1, -0.05) is 18.6 Å². The van der Waals surface area contributed by atoms with Crippen molar-refractivity contribution in [3.05, 3.63) is 11.6 Å². The van der Waals surface area contributed by atoms with E-state index in [1.54, 1.807) is 5.57 Å². The lowest BCUT2D eigenvalue weighted by atomic mass is 9.65. The molecule has 2 rings (SSSR count). The SMILES string of the molecule is CC1CCC=C2CCCC21CC=O. The molecule has 0 spiro atoms. The Morgan fingerprint density at radius 1 is 1.69 bits per heavy atom. The lowest BCUT2D eigenvalue weighted by molar-refractivity contribution is -0.110. The first kappa shape index (κ1) is 8.98. The maximum Gasteiger partial charge on any atom is 0.120 e. The minimum absolute atomic E-state index is 0.292. The van der Waals surface area contributed by atoms with Gasteiger partial charge in [-0.3, -0.25) is 0 Å². The predicted octanol–water partition coefficient (Wildman–Crippen LogP) is 3.10. The second-order valence-electron chi connectivity index (χ2n) is 4.59. The minimum Gasteiger partial charge on any atom is -0.303 e. The van der Waals surface area contributed by atoms with Gasteiger partial charge in [0.05, 0.1) is 0 Å². The van der Waals surface area contributed by atoms with Crippen molar-refractivity contribution < 1.29 is 4.79 Å². The molecule has 0 amide bonds. The Kier molecular flexibility index (Phi) is 2.27. The number of hydrogen-bond donors (Lipinski definition) is 0. The molecule has 2 aliphatic carbocycles. The molecular formula is C12H18O. The van der Waals surface area contributed by atoms with Crippen molar-refractivity contribution in [2.24, 2.45) is 11.3 Å². The highest BCUT2D eigenvalue weighted by molar-refractivity contribution is 5.53. The molecule has 2 atom stereocenters. The molecule has 0 aromatic carbocycles. The number of rotatable bonds is 2. The fraction of sp³-hybridized carbons (Fsp3) is 0.750. The molecule has 0 N–H and O–H groups in total. The van der Waals surface area contributed by atoms with Gasteiger partial charge in [0.15, 0.2) is 0 Å². The van der Waals surface area contributed by atoms with Crippen molar-refractivity contribution in [2.75, 3.05) is 0 Å². The maximum atomic E-state index is 10.7. The molecule has 0 radical (unpaired) electrons. The van der Waals surface area contributed by atoms with Gasteiger partial charge in [-0.25, -0.2) is 0 Å². The molecule has 1 fully saturated rings. The molecule has 2 aliphatic rings. The van der Waals surface area contributed by atoms with Gasteiger partial charge in [-0.15, -0.1) is 0 Å². The zero-order valence-corrected chi connectivity index (χ0v) is 8.38. The number of aldehydes is 1. The summed E-state index contributed by atoms with van der Waals surface area (Å²) in [6, 6.07) is 0. The summed E-state index contributed by atoms with van der Waals surface area (Å²) in [5.41, 5.74) is 1.89. The van der Waals surface area contributed by atoms with E-state index in [2.05, 4.69) is 13.0 Å². The molecule has 13 heavy (non-hydrogen) atoms. The summed E-state index contributed by atoms with van der Waals surface area (Å²) in [6.45, 7) is 2.32. The molecule has 2 unspecified atom stereocenters. The third-order valence-electron chi connectivity index (χ3n) is 4.09. The Labute approximate surface area is 80.2 Å². The van der Waals surface area contributed by atoms with Crippen LogP contribution in [0.1, 0.15) is 45.4 Å². The molecular weight excluding hydrogens is 160 g/mol. The second kappa shape index (κ2) is 3.28. The zero-order valence-electron chi connectivity index (χ0n) is 8.38. The standard InChI is InChI=1S/C12H18O/c1-10-4-2-5-11-6-3-7-12(10,11)8-9-13/h5,9-10H,2-4,6-8H2,1H3. The molecule has 72 valence electrons. The molecule has 1 nitrogen and oxygen atoms in total. The summed E-state index contributed by atoms with van der Waals surface area (Å²) in [6.07, 6.45) is 10.6. The monoisotopic (exact) mass is 178 g/mol. The van der Waals surface area contributed by atoms with E-state index >= 15 is 0 Å². The van der Waals surface area contributed by atoms with E-state index in [-0.39, 0.29) is 0 Å². The van der Waals surface area contributed by atoms with Crippen molar-refractivity contribution in [3.8, 4) is 0 Å². The first-order chi connectivity index (χ1) is 6.29. The van der Waals surface area contributed by atoms with Crippen LogP contribution in [0, 0.1) is 11.3 Å². The molecule has 0 aliphatic heterocycles. The highest BCUT2D eigenvalue weighted by atomic mass is 16.1. The summed E-state index contributed by atoms with van der Waals surface area (Å²) in [4.78, 5) is 10.7. The van der Waals surface area contributed by atoms with Crippen molar-refractivity contribution in [2.45, 2.75) is 45.4 Å². The normalized spacial score (nSPS) is 38.2. The van der Waals surface area contributed by atoms with E-state index in [9.17, 15) is 4.79 Å². The van der Waals surface area contributed by atoms with E-state index in [1.807, 2.05) is 0 Å². The lowest BCUT2D eigenvalue weighted by Crippen LogP contribution is -2.30. The highest BCUT2D eigenvalue weighted by Crippen LogP contribution is 2.54. The fourth-order valence-corrected chi connectivity index (χ4v) is 3.24. The average molecular weight is 178 g/mol. The summed E-state index contributed by atoms with van der Waals surface area (Å²) < 4.78 is 0. The van der Waals surface area contributed by atoms with E-state index in [0.29, 0.717) is 5.41 Å². The van der Waals surface area contributed by atoms with Gasteiger partial charge in [0.1, 0.15) is 6.29 Å². The second-order valence-corrected chi connectivity index (χ2v) is 4.59. The lowest BCUT2D eigenvalue weighted by Gasteiger charge is -2.38. The fourth-order valence-electron chi connectivity index (χ4n) is 3.24. The number of carbonyl (C=O) groups excluding carboxylic acids is 1. The summed E-state index contributed by atoms with van der Waals surface area (Å²) in [5, 5.41) is 0. The minimum atomic E-state index is 0.292. The third kappa shape index (κ3) is 1.25. The van der Waals surface area contributed by atoms with Gasteiger partial charge in [0, 0.05) is 11.8 Å². The molecule has 0 heterocycles. The van der Waals surface area contributed by atoms with Crippen molar-refractivity contribution >= 4 is 6.29 Å². The molecule has 1 heteroatoms. The average Bonchev–Trinajstić information content (AvgIpc) is 2.51. The Morgan fingerprint density at radius 2 is 2.54 bits per heavy atom. The van der Waals surface area contributed by atoms with Crippen LogP contribution >= 0.6 is 0 Å². The van der Waals surface area contributed by atoms with Gasteiger partial charge >= 0.3 is 0 Å². The van der Waals surface area contributed by atoms with E-state index in [1.165, 1.54) is 32.1 Å². The van der Waals surface area contributed by atoms with Crippen LogP contribution in [0.15, 0.2) is 11.6 Å². The smallest absolute Gasteiger partial charge is 0.120 e. The van der Waals surface area contributed by atoms with Crippen LogP contribution in [-0.4, -0.2) is 6.29 Å². The largest absolute Gasteiger partial charge is 0.303 e. The first-order valence-corrected chi connectivity index (χ1v) is 5.43. The van der Waals surface area contributed by atoms with Gasteiger partial charge in [0.2, 0.25) is 0 Å². The van der Waals surface area contributed by atoms with Crippen molar-refractivity contribution in [1.29, 1.82) is 0 Å². The molecule has 1 saturated carbocycles. The highest BCUT2D eigenvalue weighted by Gasteiger charge is 2.43. The predicted molar refractivity (Wildman–Crippen MR) is 53.4 cm³/mol. The van der Waals surface area contributed by atoms with Gasteiger partial charge < -0.3 is 4.79 Å².